The normalized spacial score (nSPS) is 9.86. The van der Waals surface area contributed by atoms with Gasteiger partial charge in [-0.3, -0.25) is 0 Å². The summed E-state index contributed by atoms with van der Waals surface area (Å²) in [6.07, 6.45) is 0. The molecule has 0 aromatic heterocycles. The van der Waals surface area contributed by atoms with Crippen LogP contribution in [0.25, 0.3) is 11.1 Å². The van der Waals surface area contributed by atoms with Crippen molar-refractivity contribution in [2.45, 2.75) is 0 Å². The molecule has 0 aliphatic carbocycles. The van der Waals surface area contributed by atoms with Gasteiger partial charge in [0.2, 0.25) is 0 Å². The van der Waals surface area contributed by atoms with Crippen molar-refractivity contribution < 1.29 is 4.74 Å². The van der Waals surface area contributed by atoms with Gasteiger partial charge in [0.15, 0.2) is 0 Å². The topological polar surface area (TPSA) is 33.0 Å². The van der Waals surface area contributed by atoms with Gasteiger partial charge in [0.1, 0.15) is 11.5 Å². The molecule has 0 unspecified atom stereocenters. The molecule has 2 nitrogen and oxygen atoms in total. The predicted molar refractivity (Wildman–Crippen MR) is 83.1 cm³/mol. The molecule has 2 heteroatoms. The standard InChI is InChI=1S/C19H13NO/c20-14-15-6-8-16(9-7-15)17-10-12-19(13-11-17)21-18-4-2-1-3-5-18/h1-13H. The van der Waals surface area contributed by atoms with Gasteiger partial charge in [-0.15, -0.1) is 0 Å². The van der Waals surface area contributed by atoms with Crippen molar-refractivity contribution in [3.63, 3.8) is 0 Å². The molecule has 0 saturated heterocycles. The van der Waals surface area contributed by atoms with Crippen LogP contribution in [0.5, 0.6) is 11.5 Å². The van der Waals surface area contributed by atoms with E-state index < -0.39 is 0 Å². The molecule has 21 heavy (non-hydrogen) atoms. The minimum atomic E-state index is 0.669. The van der Waals surface area contributed by atoms with Crippen LogP contribution in [0.4, 0.5) is 0 Å². The molecule has 0 amide bonds. The Labute approximate surface area is 123 Å². The summed E-state index contributed by atoms with van der Waals surface area (Å²) in [4.78, 5) is 0. The van der Waals surface area contributed by atoms with Gasteiger partial charge in [-0.05, 0) is 47.5 Å². The smallest absolute Gasteiger partial charge is 0.127 e. The van der Waals surface area contributed by atoms with Gasteiger partial charge in [-0.25, -0.2) is 0 Å². The third-order valence-electron chi connectivity index (χ3n) is 3.18. The van der Waals surface area contributed by atoms with Crippen molar-refractivity contribution in [3.8, 4) is 28.7 Å². The minimum Gasteiger partial charge on any atom is -0.457 e. The summed E-state index contributed by atoms with van der Waals surface area (Å²) < 4.78 is 5.76. The highest BCUT2D eigenvalue weighted by Gasteiger charge is 2.00. The highest BCUT2D eigenvalue weighted by atomic mass is 16.5. The lowest BCUT2D eigenvalue weighted by molar-refractivity contribution is 0.483. The summed E-state index contributed by atoms with van der Waals surface area (Å²) in [6, 6.07) is 27.3. The molecule has 0 N–H and O–H groups in total. The summed E-state index contributed by atoms with van der Waals surface area (Å²) in [5.41, 5.74) is 2.85. The van der Waals surface area contributed by atoms with Gasteiger partial charge in [0, 0.05) is 0 Å². The molecule has 0 atom stereocenters. The molecule has 0 aliphatic rings. The van der Waals surface area contributed by atoms with Gasteiger partial charge in [-0.2, -0.15) is 5.26 Å². The summed E-state index contributed by atoms with van der Waals surface area (Å²) in [5, 5.41) is 8.81. The first kappa shape index (κ1) is 13.0. The Hall–Kier alpha value is -3.05. The summed E-state index contributed by atoms with van der Waals surface area (Å²) >= 11 is 0. The minimum absolute atomic E-state index is 0.669. The first-order valence-corrected chi connectivity index (χ1v) is 6.69. The number of hydrogen-bond donors (Lipinski definition) is 0. The second kappa shape index (κ2) is 5.94. The average molecular weight is 271 g/mol. The Morgan fingerprint density at radius 3 is 1.71 bits per heavy atom. The van der Waals surface area contributed by atoms with E-state index in [2.05, 4.69) is 6.07 Å². The number of para-hydroxylation sites is 1. The SMILES string of the molecule is N#Cc1ccc(-c2ccc(Oc3ccccc3)cc2)cc1. The van der Waals surface area contributed by atoms with Crippen molar-refractivity contribution in [1.29, 1.82) is 5.26 Å². The Kier molecular flexibility index (Phi) is 3.66. The largest absolute Gasteiger partial charge is 0.457 e. The Morgan fingerprint density at radius 2 is 1.14 bits per heavy atom. The van der Waals surface area contributed by atoms with Crippen LogP contribution in [0.2, 0.25) is 0 Å². The second-order valence-electron chi connectivity index (χ2n) is 4.63. The lowest BCUT2D eigenvalue weighted by atomic mass is 10.0. The number of rotatable bonds is 3. The fourth-order valence-electron chi connectivity index (χ4n) is 2.08. The molecule has 0 bridgehead atoms. The molecular formula is C19H13NO. The molecule has 0 aliphatic heterocycles. The van der Waals surface area contributed by atoms with Crippen molar-refractivity contribution >= 4 is 0 Å². The second-order valence-corrected chi connectivity index (χ2v) is 4.63. The zero-order chi connectivity index (χ0) is 14.5. The lowest BCUT2D eigenvalue weighted by Crippen LogP contribution is -1.84. The van der Waals surface area contributed by atoms with E-state index in [1.54, 1.807) is 0 Å². The number of hydrogen-bond acceptors (Lipinski definition) is 2. The molecule has 0 fully saturated rings. The van der Waals surface area contributed by atoms with Crippen LogP contribution in [0, 0.1) is 11.3 Å². The van der Waals surface area contributed by atoms with Gasteiger partial charge in [0.25, 0.3) is 0 Å². The highest BCUT2D eigenvalue weighted by Crippen LogP contribution is 2.25. The molecule has 100 valence electrons. The van der Waals surface area contributed by atoms with E-state index in [1.165, 1.54) is 0 Å². The van der Waals surface area contributed by atoms with Crippen LogP contribution in [0.1, 0.15) is 5.56 Å². The maximum atomic E-state index is 8.81. The molecule has 0 saturated carbocycles. The van der Waals surface area contributed by atoms with E-state index in [0.29, 0.717) is 5.56 Å². The monoisotopic (exact) mass is 271 g/mol. The van der Waals surface area contributed by atoms with Crippen LogP contribution in [0.15, 0.2) is 78.9 Å². The maximum absolute atomic E-state index is 8.81. The Morgan fingerprint density at radius 1 is 0.619 bits per heavy atom. The molecule has 0 spiro atoms. The Balaban J connectivity index is 1.79. The van der Waals surface area contributed by atoms with Crippen LogP contribution in [-0.2, 0) is 0 Å². The lowest BCUT2D eigenvalue weighted by Gasteiger charge is -2.07. The van der Waals surface area contributed by atoms with Crippen LogP contribution in [0.3, 0.4) is 0 Å². The van der Waals surface area contributed by atoms with E-state index in [4.69, 9.17) is 10.00 Å². The van der Waals surface area contributed by atoms with Crippen LogP contribution >= 0.6 is 0 Å². The fourth-order valence-corrected chi connectivity index (χ4v) is 2.08. The first-order chi connectivity index (χ1) is 10.3. The van der Waals surface area contributed by atoms with Crippen molar-refractivity contribution in [3.05, 3.63) is 84.4 Å². The quantitative estimate of drug-likeness (QED) is 0.670. The number of nitrogens with zero attached hydrogens (tertiary/aromatic N) is 1. The summed E-state index contributed by atoms with van der Waals surface area (Å²) in [6.45, 7) is 0. The van der Waals surface area contributed by atoms with Crippen molar-refractivity contribution in [1.82, 2.24) is 0 Å². The van der Waals surface area contributed by atoms with E-state index in [0.717, 1.165) is 22.6 Å². The van der Waals surface area contributed by atoms with Gasteiger partial charge in [0.05, 0.1) is 11.6 Å². The van der Waals surface area contributed by atoms with E-state index in [9.17, 15) is 0 Å². The maximum Gasteiger partial charge on any atom is 0.127 e. The zero-order valence-electron chi connectivity index (χ0n) is 11.4. The Bertz CT molecular complexity index is 753. The van der Waals surface area contributed by atoms with Gasteiger partial charge < -0.3 is 4.74 Å². The van der Waals surface area contributed by atoms with Crippen LogP contribution < -0.4 is 4.74 Å². The molecular weight excluding hydrogens is 258 g/mol. The predicted octanol–water partition coefficient (Wildman–Crippen LogP) is 5.02. The van der Waals surface area contributed by atoms with Crippen molar-refractivity contribution in [2.24, 2.45) is 0 Å². The van der Waals surface area contributed by atoms with Crippen LogP contribution in [-0.4, -0.2) is 0 Å². The third-order valence-corrected chi connectivity index (χ3v) is 3.18. The average Bonchev–Trinajstić information content (AvgIpc) is 2.57. The van der Waals surface area contributed by atoms with Crippen molar-refractivity contribution in [2.75, 3.05) is 0 Å². The highest BCUT2D eigenvalue weighted by molar-refractivity contribution is 5.65. The fraction of sp³-hybridized carbons (Fsp3) is 0. The molecule has 0 heterocycles. The van der Waals surface area contributed by atoms with Gasteiger partial charge in [-0.1, -0.05) is 42.5 Å². The van der Waals surface area contributed by atoms with E-state index in [1.807, 2.05) is 78.9 Å². The van der Waals surface area contributed by atoms with E-state index >= 15 is 0 Å². The summed E-state index contributed by atoms with van der Waals surface area (Å²) in [7, 11) is 0. The molecule has 3 rings (SSSR count). The van der Waals surface area contributed by atoms with E-state index in [-0.39, 0.29) is 0 Å². The third kappa shape index (κ3) is 3.10. The number of nitriles is 1. The molecule has 3 aromatic rings. The molecule has 3 aromatic carbocycles. The number of benzene rings is 3. The summed E-state index contributed by atoms with van der Waals surface area (Å²) in [5.74, 6) is 1.63. The molecule has 0 radical (unpaired) electrons. The number of ether oxygens (including phenoxy) is 1. The zero-order valence-corrected chi connectivity index (χ0v) is 11.4. The first-order valence-electron chi connectivity index (χ1n) is 6.69. The van der Waals surface area contributed by atoms with Gasteiger partial charge >= 0.3 is 0 Å².